The van der Waals surface area contributed by atoms with Crippen molar-refractivity contribution in [3.05, 3.63) is 29.5 Å². The molecule has 2 nitrogen and oxygen atoms in total. The number of hydrogen-bond acceptors (Lipinski definition) is 2. The first-order chi connectivity index (χ1) is 8.70. The third-order valence-corrected chi connectivity index (χ3v) is 4.54. The van der Waals surface area contributed by atoms with Gasteiger partial charge in [-0.3, -0.25) is 0 Å². The maximum absolute atomic E-state index is 6.02. The molecule has 1 aromatic heterocycles. The SMILES string of the molecule is CSc1ccc2c(c1)c(CC(C)N)c1n2CCC1. The standard InChI is InChI=1S/C15H20N2S/c1-10(16)8-12-13-9-11(18-2)5-6-15(13)17-7-3-4-14(12)17/h5-6,9-10H,3-4,7-8,16H2,1-2H3. The van der Waals surface area contributed by atoms with E-state index in [4.69, 9.17) is 5.73 Å². The third kappa shape index (κ3) is 1.86. The van der Waals surface area contributed by atoms with Crippen LogP contribution in [0.2, 0.25) is 0 Å². The molecule has 1 atom stereocenters. The molecular formula is C15H20N2S. The third-order valence-electron chi connectivity index (χ3n) is 3.82. The Morgan fingerprint density at radius 1 is 1.44 bits per heavy atom. The lowest BCUT2D eigenvalue weighted by Crippen LogP contribution is -2.18. The van der Waals surface area contributed by atoms with Crippen molar-refractivity contribution in [2.75, 3.05) is 6.26 Å². The number of benzene rings is 1. The molecule has 18 heavy (non-hydrogen) atoms. The van der Waals surface area contributed by atoms with E-state index in [0.29, 0.717) is 0 Å². The van der Waals surface area contributed by atoms with Crippen molar-refractivity contribution in [1.82, 2.24) is 4.57 Å². The van der Waals surface area contributed by atoms with Crippen LogP contribution >= 0.6 is 11.8 Å². The second-order valence-electron chi connectivity index (χ2n) is 5.24. The van der Waals surface area contributed by atoms with Crippen LogP contribution in [-0.2, 0) is 19.4 Å². The highest BCUT2D eigenvalue weighted by atomic mass is 32.2. The topological polar surface area (TPSA) is 30.9 Å². The van der Waals surface area contributed by atoms with Gasteiger partial charge in [0, 0.05) is 34.1 Å². The van der Waals surface area contributed by atoms with Crippen molar-refractivity contribution in [2.45, 2.75) is 43.7 Å². The Labute approximate surface area is 113 Å². The van der Waals surface area contributed by atoms with Crippen molar-refractivity contribution in [1.29, 1.82) is 0 Å². The Morgan fingerprint density at radius 2 is 2.28 bits per heavy atom. The molecule has 2 aromatic rings. The number of nitrogens with two attached hydrogens (primary N) is 1. The summed E-state index contributed by atoms with van der Waals surface area (Å²) in [7, 11) is 0. The van der Waals surface area contributed by atoms with E-state index in [1.807, 2.05) is 11.8 Å². The molecule has 96 valence electrons. The number of aryl methyl sites for hydroxylation is 1. The lowest BCUT2D eigenvalue weighted by atomic mass is 10.0. The Hall–Kier alpha value is -0.930. The van der Waals surface area contributed by atoms with Crippen LogP contribution in [0.5, 0.6) is 0 Å². The van der Waals surface area contributed by atoms with Gasteiger partial charge in [0.05, 0.1) is 0 Å². The highest BCUT2D eigenvalue weighted by molar-refractivity contribution is 7.98. The van der Waals surface area contributed by atoms with E-state index in [0.717, 1.165) is 6.42 Å². The van der Waals surface area contributed by atoms with Gasteiger partial charge >= 0.3 is 0 Å². The van der Waals surface area contributed by atoms with E-state index in [9.17, 15) is 0 Å². The number of fused-ring (bicyclic) bond motifs is 3. The van der Waals surface area contributed by atoms with Gasteiger partial charge in [-0.25, -0.2) is 0 Å². The highest BCUT2D eigenvalue weighted by Gasteiger charge is 2.21. The summed E-state index contributed by atoms with van der Waals surface area (Å²) in [6, 6.07) is 7.08. The lowest BCUT2D eigenvalue weighted by molar-refractivity contribution is 0.733. The van der Waals surface area contributed by atoms with Gasteiger partial charge in [-0.1, -0.05) is 0 Å². The Balaban J connectivity index is 2.23. The Bertz CT molecular complexity index is 584. The zero-order valence-electron chi connectivity index (χ0n) is 11.1. The van der Waals surface area contributed by atoms with Crippen LogP contribution in [0, 0.1) is 0 Å². The lowest BCUT2D eigenvalue weighted by Gasteiger charge is -2.06. The molecule has 1 aromatic carbocycles. The summed E-state index contributed by atoms with van der Waals surface area (Å²) in [5.74, 6) is 0. The minimum absolute atomic E-state index is 0.235. The average molecular weight is 260 g/mol. The van der Waals surface area contributed by atoms with Gasteiger partial charge in [0.1, 0.15) is 0 Å². The molecule has 0 spiro atoms. The fourth-order valence-corrected chi connectivity index (χ4v) is 3.52. The van der Waals surface area contributed by atoms with Gasteiger partial charge in [-0.05, 0) is 56.2 Å². The van der Waals surface area contributed by atoms with Crippen LogP contribution in [0.15, 0.2) is 23.1 Å². The largest absolute Gasteiger partial charge is 0.344 e. The first kappa shape index (κ1) is 12.1. The number of aromatic nitrogens is 1. The van der Waals surface area contributed by atoms with Crippen LogP contribution in [0.25, 0.3) is 10.9 Å². The number of nitrogens with zero attached hydrogens (tertiary/aromatic N) is 1. The van der Waals surface area contributed by atoms with Crippen LogP contribution in [-0.4, -0.2) is 16.9 Å². The summed E-state index contributed by atoms with van der Waals surface area (Å²) in [6.45, 7) is 3.27. The minimum Gasteiger partial charge on any atom is -0.344 e. The van der Waals surface area contributed by atoms with Gasteiger partial charge in [-0.2, -0.15) is 0 Å². The quantitative estimate of drug-likeness (QED) is 0.859. The van der Waals surface area contributed by atoms with Crippen LogP contribution in [0.4, 0.5) is 0 Å². The van der Waals surface area contributed by atoms with E-state index < -0.39 is 0 Å². The van der Waals surface area contributed by atoms with Crippen molar-refractivity contribution >= 4 is 22.7 Å². The first-order valence-electron chi connectivity index (χ1n) is 6.64. The second kappa shape index (κ2) is 4.63. The molecule has 2 N–H and O–H groups in total. The Kier molecular flexibility index (Phi) is 3.12. The molecule has 0 radical (unpaired) electrons. The monoisotopic (exact) mass is 260 g/mol. The molecule has 0 amide bonds. The molecule has 0 aliphatic carbocycles. The molecule has 0 saturated heterocycles. The summed E-state index contributed by atoms with van der Waals surface area (Å²) in [6.07, 6.45) is 5.62. The van der Waals surface area contributed by atoms with Gasteiger partial charge in [0.2, 0.25) is 0 Å². The molecule has 0 saturated carbocycles. The van der Waals surface area contributed by atoms with E-state index in [-0.39, 0.29) is 6.04 Å². The van der Waals surface area contributed by atoms with Gasteiger partial charge in [0.25, 0.3) is 0 Å². The predicted octanol–water partition coefficient (Wildman–Crippen LogP) is 3.20. The molecular weight excluding hydrogens is 240 g/mol. The van der Waals surface area contributed by atoms with E-state index in [1.165, 1.54) is 46.4 Å². The van der Waals surface area contributed by atoms with E-state index >= 15 is 0 Å². The first-order valence-corrected chi connectivity index (χ1v) is 7.86. The zero-order valence-corrected chi connectivity index (χ0v) is 11.9. The normalized spacial score (nSPS) is 16.2. The van der Waals surface area contributed by atoms with Crippen LogP contribution in [0.3, 0.4) is 0 Å². The van der Waals surface area contributed by atoms with Crippen LogP contribution in [0.1, 0.15) is 24.6 Å². The Morgan fingerprint density at radius 3 is 3.00 bits per heavy atom. The molecule has 1 aliphatic rings. The number of rotatable bonds is 3. The average Bonchev–Trinajstić information content (AvgIpc) is 2.92. The van der Waals surface area contributed by atoms with Crippen molar-refractivity contribution in [3.8, 4) is 0 Å². The number of hydrogen-bond donors (Lipinski definition) is 1. The molecule has 3 heteroatoms. The van der Waals surface area contributed by atoms with E-state index in [1.54, 1.807) is 0 Å². The van der Waals surface area contributed by atoms with Crippen LogP contribution < -0.4 is 5.73 Å². The molecule has 0 bridgehead atoms. The summed E-state index contributed by atoms with van der Waals surface area (Å²) in [5, 5.41) is 1.42. The molecule has 1 unspecified atom stereocenters. The fraction of sp³-hybridized carbons (Fsp3) is 0.467. The molecule has 2 heterocycles. The maximum Gasteiger partial charge on any atom is 0.0486 e. The van der Waals surface area contributed by atoms with Crippen molar-refractivity contribution in [3.63, 3.8) is 0 Å². The smallest absolute Gasteiger partial charge is 0.0486 e. The summed E-state index contributed by atoms with van der Waals surface area (Å²) in [4.78, 5) is 1.35. The number of thioether (sulfide) groups is 1. The minimum atomic E-state index is 0.235. The van der Waals surface area contributed by atoms with Gasteiger partial charge < -0.3 is 10.3 Å². The van der Waals surface area contributed by atoms with E-state index in [2.05, 4.69) is 35.9 Å². The summed E-state index contributed by atoms with van der Waals surface area (Å²) in [5.41, 5.74) is 10.4. The van der Waals surface area contributed by atoms with Gasteiger partial charge in [-0.15, -0.1) is 11.8 Å². The van der Waals surface area contributed by atoms with Crippen molar-refractivity contribution in [2.24, 2.45) is 5.73 Å². The maximum atomic E-state index is 6.02. The predicted molar refractivity (Wildman–Crippen MR) is 79.4 cm³/mol. The molecule has 3 rings (SSSR count). The second-order valence-corrected chi connectivity index (χ2v) is 6.12. The molecule has 0 fully saturated rings. The summed E-state index contributed by atoms with van der Waals surface area (Å²) >= 11 is 1.81. The van der Waals surface area contributed by atoms with Crippen molar-refractivity contribution < 1.29 is 0 Å². The zero-order chi connectivity index (χ0) is 12.7. The molecule has 1 aliphatic heterocycles. The van der Waals surface area contributed by atoms with Gasteiger partial charge in [0.15, 0.2) is 0 Å². The highest BCUT2D eigenvalue weighted by Crippen LogP contribution is 2.34. The summed E-state index contributed by atoms with van der Waals surface area (Å²) < 4.78 is 2.50. The fourth-order valence-electron chi connectivity index (χ4n) is 3.08.